The molecule has 9 rings (SSSR count). The third kappa shape index (κ3) is 13.9. The van der Waals surface area contributed by atoms with Crippen LogP contribution in [0.5, 0.6) is 0 Å². The fourth-order valence-electron chi connectivity index (χ4n) is 11.5. The Morgan fingerprint density at radius 1 is 0.831 bits per heavy atom. The predicted octanol–water partition coefficient (Wildman–Crippen LogP) is 5.37. The van der Waals surface area contributed by atoms with Crippen molar-refractivity contribution in [3.63, 3.8) is 0 Å². The fourth-order valence-corrected chi connectivity index (χ4v) is 12.0. The summed E-state index contributed by atoms with van der Waals surface area (Å²) in [5.74, 6) is 2.13. The lowest BCUT2D eigenvalue weighted by atomic mass is 9.98. The number of aromatic amines is 1. The molecule has 0 radical (unpaired) electrons. The molecule has 0 spiro atoms. The van der Waals surface area contributed by atoms with Gasteiger partial charge in [0.15, 0.2) is 0 Å². The molecule has 0 saturated carbocycles. The highest BCUT2D eigenvalue weighted by molar-refractivity contribution is 7.52. The van der Waals surface area contributed by atoms with Crippen molar-refractivity contribution in [2.75, 3.05) is 19.6 Å². The van der Waals surface area contributed by atoms with Crippen LogP contribution in [-0.4, -0.2) is 127 Å². The normalized spacial score (nSPS) is 19.7. The minimum absolute atomic E-state index is 0.0423. The second-order valence-corrected chi connectivity index (χ2v) is 23.2. The van der Waals surface area contributed by atoms with Crippen molar-refractivity contribution < 1.29 is 61.5 Å². The number of H-pyrrole nitrogens is 1. The minimum atomic E-state index is -5.90. The Balaban J connectivity index is 0.857. The number of fused-ring (bicyclic) bond motifs is 3. The number of unbranched alkanes of at least 4 members (excludes halogenated alkanes) is 5. The quantitative estimate of drug-likeness (QED) is 0.0199. The molecule has 1 unspecified atom stereocenters. The van der Waals surface area contributed by atoms with E-state index in [1.807, 2.05) is 66.7 Å². The Labute approximate surface area is 477 Å². The highest BCUT2D eigenvalue weighted by Gasteiger charge is 2.51. The molecule has 5 aromatic rings. The van der Waals surface area contributed by atoms with Crippen LogP contribution in [0.2, 0.25) is 0 Å². The Hall–Kier alpha value is -8.09. The van der Waals surface area contributed by atoms with Crippen LogP contribution in [0.15, 0.2) is 103 Å². The van der Waals surface area contributed by atoms with Gasteiger partial charge in [-0.25, -0.2) is 0 Å². The molecule has 8 amide bonds. The van der Waals surface area contributed by atoms with E-state index in [0.717, 1.165) is 66.5 Å². The maximum atomic E-state index is 15.0. The molecule has 83 heavy (non-hydrogen) atoms. The van der Waals surface area contributed by atoms with Crippen LogP contribution in [-0.2, 0) is 45.5 Å². The SMILES string of the molecule is NC(=O)CC[C@H](NC(=O)[C@@H]1CC[C@@H]2CCN(CCCCCCCC#Cc3cccc4c3CN(C3CCC(=O)NC3=O)C4=O)C[C@H](NC(=O)c3cc4cc(C(F)(F)P(=O)(O)O)ccc4[nH]3)C(=O)N21)C(=O)NC(c1ccccc1)c1ccccc1. The summed E-state index contributed by atoms with van der Waals surface area (Å²) in [5, 5.41) is 11.1. The zero-order valence-corrected chi connectivity index (χ0v) is 46.4. The van der Waals surface area contributed by atoms with E-state index in [4.69, 9.17) is 5.73 Å². The number of piperidine rings is 1. The minimum Gasteiger partial charge on any atom is -0.370 e. The van der Waals surface area contributed by atoms with E-state index in [1.165, 1.54) is 21.9 Å². The van der Waals surface area contributed by atoms with Gasteiger partial charge in [-0.3, -0.25) is 48.2 Å². The Kier molecular flexibility index (Phi) is 18.7. The van der Waals surface area contributed by atoms with E-state index < -0.39 is 90.5 Å². The van der Waals surface area contributed by atoms with E-state index in [2.05, 4.69) is 43.0 Å². The van der Waals surface area contributed by atoms with E-state index in [9.17, 15) is 56.7 Å². The number of rotatable bonds is 21. The van der Waals surface area contributed by atoms with Gasteiger partial charge in [0.25, 0.3) is 11.8 Å². The molecule has 4 aliphatic rings. The number of carbonyl (C=O) groups excluding carboxylic acids is 8. The van der Waals surface area contributed by atoms with Crippen molar-refractivity contribution in [1.82, 2.24) is 41.0 Å². The summed E-state index contributed by atoms with van der Waals surface area (Å²) >= 11 is 0. The largest absolute Gasteiger partial charge is 0.399 e. The van der Waals surface area contributed by atoms with Crippen molar-refractivity contribution in [2.24, 2.45) is 5.73 Å². The van der Waals surface area contributed by atoms with Crippen molar-refractivity contribution >= 4 is 65.8 Å². The summed E-state index contributed by atoms with van der Waals surface area (Å²) in [6.07, 6.45) is 6.03. The van der Waals surface area contributed by atoms with Gasteiger partial charge in [-0.05, 0) is 98.5 Å². The third-order valence-corrected chi connectivity index (χ3v) is 16.9. The highest BCUT2D eigenvalue weighted by Crippen LogP contribution is 2.59. The number of primary amides is 1. The number of imide groups is 1. The van der Waals surface area contributed by atoms with Crippen molar-refractivity contribution in [3.05, 3.63) is 142 Å². The molecule has 23 heteroatoms. The first-order chi connectivity index (χ1) is 39.8. The summed E-state index contributed by atoms with van der Waals surface area (Å²) in [7, 11) is -5.90. The van der Waals surface area contributed by atoms with Gasteiger partial charge in [0.1, 0.15) is 29.9 Å². The van der Waals surface area contributed by atoms with Crippen molar-refractivity contribution in [3.8, 4) is 11.8 Å². The summed E-state index contributed by atoms with van der Waals surface area (Å²) in [5.41, 5.74) is 3.70. The Bertz CT molecular complexity index is 3360. The Morgan fingerprint density at radius 2 is 1.54 bits per heavy atom. The third-order valence-electron chi connectivity index (χ3n) is 15.9. The number of nitrogens with two attached hydrogens (primary N) is 1. The van der Waals surface area contributed by atoms with Crippen molar-refractivity contribution in [1.29, 1.82) is 0 Å². The number of benzene rings is 4. The van der Waals surface area contributed by atoms with Crippen LogP contribution in [0.4, 0.5) is 8.78 Å². The fraction of sp³-hybridized carbons (Fsp3) is 0.400. The number of halogens is 2. The molecule has 436 valence electrons. The lowest BCUT2D eigenvalue weighted by Crippen LogP contribution is -2.61. The second kappa shape index (κ2) is 26.0. The van der Waals surface area contributed by atoms with Crippen molar-refractivity contribution in [2.45, 2.75) is 132 Å². The molecule has 5 atom stereocenters. The number of nitrogens with zero attached hydrogens (tertiary/aromatic N) is 3. The zero-order valence-electron chi connectivity index (χ0n) is 45.5. The average molecular weight is 1160 g/mol. The second-order valence-electron chi connectivity index (χ2n) is 21.6. The van der Waals surface area contributed by atoms with Gasteiger partial charge < -0.3 is 51.2 Å². The summed E-state index contributed by atoms with van der Waals surface area (Å²) in [6, 6.07) is 22.6. The first-order valence-electron chi connectivity index (χ1n) is 27.9. The first kappa shape index (κ1) is 59.5. The smallest absolute Gasteiger partial charge is 0.370 e. The number of hydrogen-bond acceptors (Lipinski definition) is 10. The topological polar surface area (TPSA) is 294 Å². The maximum Gasteiger partial charge on any atom is 0.399 e. The first-order valence-corrected chi connectivity index (χ1v) is 29.5. The number of alkyl halides is 2. The van der Waals surface area contributed by atoms with Gasteiger partial charge in [-0.2, -0.15) is 8.78 Å². The molecule has 4 aromatic carbocycles. The predicted molar refractivity (Wildman–Crippen MR) is 301 cm³/mol. The number of amides is 8. The summed E-state index contributed by atoms with van der Waals surface area (Å²) < 4.78 is 41.1. The van der Waals surface area contributed by atoms with E-state index in [-0.39, 0.29) is 73.6 Å². The molecule has 5 heterocycles. The maximum absolute atomic E-state index is 15.0. The molecule has 0 aliphatic carbocycles. The van der Waals surface area contributed by atoms with Crippen LogP contribution in [0, 0.1) is 11.8 Å². The van der Waals surface area contributed by atoms with Gasteiger partial charge >= 0.3 is 13.3 Å². The van der Waals surface area contributed by atoms with Crippen LogP contribution in [0.25, 0.3) is 10.9 Å². The number of hydrogen-bond donors (Lipinski definition) is 8. The van der Waals surface area contributed by atoms with E-state index in [0.29, 0.717) is 37.9 Å². The number of aromatic nitrogens is 1. The van der Waals surface area contributed by atoms with Crippen LogP contribution in [0.1, 0.15) is 138 Å². The molecule has 0 bridgehead atoms. The zero-order chi connectivity index (χ0) is 59.0. The lowest BCUT2D eigenvalue weighted by molar-refractivity contribution is -0.144. The van der Waals surface area contributed by atoms with Gasteiger partial charge in [0, 0.05) is 72.5 Å². The van der Waals surface area contributed by atoms with Gasteiger partial charge in [-0.15, -0.1) is 0 Å². The number of nitrogens with one attached hydrogen (secondary N) is 5. The van der Waals surface area contributed by atoms with Gasteiger partial charge in [-0.1, -0.05) is 104 Å². The summed E-state index contributed by atoms with van der Waals surface area (Å²) in [4.78, 5) is 134. The monoisotopic (exact) mass is 1160 g/mol. The molecule has 3 saturated heterocycles. The Morgan fingerprint density at radius 3 is 2.24 bits per heavy atom. The molecule has 20 nitrogen and oxygen atoms in total. The van der Waals surface area contributed by atoms with Crippen LogP contribution >= 0.6 is 7.60 Å². The average Bonchev–Trinajstić information content (AvgIpc) is 4.04. The number of carbonyl (C=O) groups is 8. The molecular weight excluding hydrogens is 1090 g/mol. The van der Waals surface area contributed by atoms with Crippen LogP contribution < -0.4 is 27.0 Å². The molecule has 4 aliphatic heterocycles. The van der Waals surface area contributed by atoms with Gasteiger partial charge in [0.2, 0.25) is 35.4 Å². The molecule has 9 N–H and O–H groups in total. The van der Waals surface area contributed by atoms with E-state index >= 15 is 4.79 Å². The molecular formula is C60H66F2N9O11P. The van der Waals surface area contributed by atoms with Gasteiger partial charge in [0.05, 0.1) is 6.04 Å². The molecule has 3 fully saturated rings. The van der Waals surface area contributed by atoms with Crippen LogP contribution in [0.3, 0.4) is 0 Å². The molecule has 1 aromatic heterocycles. The highest BCUT2D eigenvalue weighted by atomic mass is 31.2. The summed E-state index contributed by atoms with van der Waals surface area (Å²) in [6.45, 7) is 1.34. The standard InChI is InChI=1S/C60H66F2N9O11P/c61-60(62,83(80,81)82)41-22-24-45-40(33-41)34-47(64-45)55(75)66-48-36-69(31-13-5-3-1-2-4-8-15-37-20-14-21-43-44(37)35-70(58(43)78)49-27-29-52(73)67-56(49)76)32-30-42-23-26-50(71(42)59(48)79)57(77)65-46(25-28-51(63)72)54(74)68-53(38-16-9-6-10-17-38)39-18-11-7-12-19-39/h6-7,9-12,14,16-22,24,33-34,42,46,48-50,53,64H,1-5,13,23,25-32,35-36H2,(H2,63,72)(H,65,77)(H,66,75)(H,68,74)(H,67,73,76)(H2,80,81,82)/t42-,46+,48+,49?,50+/m1/s1. The van der Waals surface area contributed by atoms with E-state index in [1.54, 1.807) is 12.1 Å². The lowest BCUT2D eigenvalue weighted by Gasteiger charge is -2.39.